The molecule has 3 atom stereocenters. The number of piperidine rings is 1. The fourth-order valence-electron chi connectivity index (χ4n) is 3.45. The molecule has 3 unspecified atom stereocenters. The number of hydrogen-bond donors (Lipinski definition) is 1. The average molecular weight is 224 g/mol. The van der Waals surface area contributed by atoms with Crippen molar-refractivity contribution in [2.75, 3.05) is 19.6 Å². The molecular formula is C14H28N2. The van der Waals surface area contributed by atoms with Crippen LogP contribution in [0.2, 0.25) is 0 Å². The van der Waals surface area contributed by atoms with Gasteiger partial charge in [-0.3, -0.25) is 4.90 Å². The smallest absolute Gasteiger partial charge is 0.0306 e. The van der Waals surface area contributed by atoms with Crippen molar-refractivity contribution in [3.8, 4) is 0 Å². The summed E-state index contributed by atoms with van der Waals surface area (Å²) in [4.78, 5) is 2.73. The Morgan fingerprint density at radius 2 is 2.12 bits per heavy atom. The third kappa shape index (κ3) is 2.43. The third-order valence-corrected chi connectivity index (χ3v) is 5.02. The van der Waals surface area contributed by atoms with Gasteiger partial charge in [0.05, 0.1) is 0 Å². The summed E-state index contributed by atoms with van der Waals surface area (Å²) in [5.41, 5.74) is 0.436. The molecule has 0 saturated carbocycles. The zero-order chi connectivity index (χ0) is 11.6. The average Bonchev–Trinajstić information content (AvgIpc) is 2.74. The lowest BCUT2D eigenvalue weighted by molar-refractivity contribution is 0.0796. The first-order valence-corrected chi connectivity index (χ1v) is 7.16. The Kier molecular flexibility index (Phi) is 3.91. The predicted octanol–water partition coefficient (Wildman–Crippen LogP) is 2.64. The van der Waals surface area contributed by atoms with Gasteiger partial charge < -0.3 is 5.32 Å². The molecule has 2 fully saturated rings. The van der Waals surface area contributed by atoms with Crippen molar-refractivity contribution in [1.82, 2.24) is 10.2 Å². The zero-order valence-electron chi connectivity index (χ0n) is 11.3. The lowest BCUT2D eigenvalue weighted by Gasteiger charge is -2.43. The van der Waals surface area contributed by atoms with Gasteiger partial charge >= 0.3 is 0 Å². The fourth-order valence-corrected chi connectivity index (χ4v) is 3.45. The van der Waals surface area contributed by atoms with Crippen LogP contribution in [0.15, 0.2) is 0 Å². The van der Waals surface area contributed by atoms with Gasteiger partial charge in [-0.1, -0.05) is 13.8 Å². The number of rotatable bonds is 3. The summed E-state index contributed by atoms with van der Waals surface area (Å²) in [7, 11) is 0. The van der Waals surface area contributed by atoms with Gasteiger partial charge in [0.1, 0.15) is 0 Å². The van der Waals surface area contributed by atoms with Gasteiger partial charge in [0, 0.05) is 18.1 Å². The molecular weight excluding hydrogens is 196 g/mol. The Hall–Kier alpha value is -0.0800. The van der Waals surface area contributed by atoms with Crippen LogP contribution in [-0.2, 0) is 0 Å². The molecule has 16 heavy (non-hydrogen) atoms. The Morgan fingerprint density at radius 1 is 1.31 bits per heavy atom. The van der Waals surface area contributed by atoms with E-state index in [1.54, 1.807) is 0 Å². The molecule has 2 rings (SSSR count). The molecule has 0 aromatic heterocycles. The van der Waals surface area contributed by atoms with E-state index in [1.807, 2.05) is 0 Å². The number of hydrogen-bond acceptors (Lipinski definition) is 2. The number of likely N-dealkylation sites (tertiary alicyclic amines) is 1. The molecule has 0 radical (unpaired) electrons. The summed E-state index contributed by atoms with van der Waals surface area (Å²) in [6.45, 7) is 11.0. The van der Waals surface area contributed by atoms with Crippen molar-refractivity contribution in [3.63, 3.8) is 0 Å². The molecule has 2 aliphatic heterocycles. The van der Waals surface area contributed by atoms with Gasteiger partial charge in [0.15, 0.2) is 0 Å². The molecule has 2 nitrogen and oxygen atoms in total. The highest BCUT2D eigenvalue weighted by molar-refractivity contribution is 4.96. The minimum absolute atomic E-state index is 0.436. The van der Waals surface area contributed by atoms with Crippen molar-refractivity contribution < 1.29 is 0 Å². The minimum atomic E-state index is 0.436. The zero-order valence-corrected chi connectivity index (χ0v) is 11.3. The molecule has 1 N–H and O–H groups in total. The first-order valence-electron chi connectivity index (χ1n) is 7.16. The summed E-state index contributed by atoms with van der Waals surface area (Å²) >= 11 is 0. The SMILES string of the molecule is CCC1(CN2CCCC(C)C2C)CCCN1. The van der Waals surface area contributed by atoms with Crippen molar-refractivity contribution in [1.29, 1.82) is 0 Å². The summed E-state index contributed by atoms with van der Waals surface area (Å²) in [5.74, 6) is 0.879. The highest BCUT2D eigenvalue weighted by Gasteiger charge is 2.36. The van der Waals surface area contributed by atoms with Crippen LogP contribution in [0.5, 0.6) is 0 Å². The predicted molar refractivity (Wildman–Crippen MR) is 69.7 cm³/mol. The maximum Gasteiger partial charge on any atom is 0.0306 e. The first kappa shape index (κ1) is 12.4. The van der Waals surface area contributed by atoms with E-state index in [0.717, 1.165) is 12.0 Å². The molecule has 0 aromatic rings. The van der Waals surface area contributed by atoms with E-state index in [2.05, 4.69) is 31.0 Å². The fraction of sp³-hybridized carbons (Fsp3) is 1.00. The second kappa shape index (κ2) is 5.05. The van der Waals surface area contributed by atoms with Crippen molar-refractivity contribution in [2.45, 2.75) is 64.5 Å². The molecule has 2 heterocycles. The molecule has 2 heteroatoms. The Morgan fingerprint density at radius 3 is 2.75 bits per heavy atom. The van der Waals surface area contributed by atoms with Crippen LogP contribution in [0.3, 0.4) is 0 Å². The third-order valence-electron chi connectivity index (χ3n) is 5.02. The quantitative estimate of drug-likeness (QED) is 0.793. The molecule has 94 valence electrons. The van der Waals surface area contributed by atoms with E-state index in [4.69, 9.17) is 0 Å². The second-order valence-electron chi connectivity index (χ2n) is 5.99. The Labute approximate surface area is 101 Å². The van der Waals surface area contributed by atoms with Crippen molar-refractivity contribution in [3.05, 3.63) is 0 Å². The van der Waals surface area contributed by atoms with Gasteiger partial charge in [-0.2, -0.15) is 0 Å². The van der Waals surface area contributed by atoms with Gasteiger partial charge in [-0.25, -0.2) is 0 Å². The molecule has 2 saturated heterocycles. The second-order valence-corrected chi connectivity index (χ2v) is 5.99. The topological polar surface area (TPSA) is 15.3 Å². The minimum Gasteiger partial charge on any atom is -0.310 e. The monoisotopic (exact) mass is 224 g/mol. The van der Waals surface area contributed by atoms with E-state index in [9.17, 15) is 0 Å². The summed E-state index contributed by atoms with van der Waals surface area (Å²) in [5, 5.41) is 3.76. The van der Waals surface area contributed by atoms with Gasteiger partial charge in [-0.15, -0.1) is 0 Å². The van der Waals surface area contributed by atoms with E-state index < -0.39 is 0 Å². The molecule has 0 aliphatic carbocycles. The highest BCUT2D eigenvalue weighted by Crippen LogP contribution is 2.29. The van der Waals surface area contributed by atoms with Gasteiger partial charge in [-0.05, 0) is 58.0 Å². The Bertz CT molecular complexity index is 221. The summed E-state index contributed by atoms with van der Waals surface area (Å²) in [6.07, 6.45) is 6.84. The van der Waals surface area contributed by atoms with E-state index >= 15 is 0 Å². The van der Waals surface area contributed by atoms with Crippen LogP contribution >= 0.6 is 0 Å². The highest BCUT2D eigenvalue weighted by atomic mass is 15.2. The maximum atomic E-state index is 3.76. The van der Waals surface area contributed by atoms with Crippen LogP contribution < -0.4 is 5.32 Å². The molecule has 0 spiro atoms. The lowest BCUT2D eigenvalue weighted by atomic mass is 9.88. The van der Waals surface area contributed by atoms with Gasteiger partial charge in [0.2, 0.25) is 0 Å². The number of nitrogens with zero attached hydrogens (tertiary/aromatic N) is 1. The molecule has 0 bridgehead atoms. The molecule has 0 amide bonds. The van der Waals surface area contributed by atoms with E-state index in [0.29, 0.717) is 5.54 Å². The van der Waals surface area contributed by atoms with E-state index in [1.165, 1.54) is 51.7 Å². The lowest BCUT2D eigenvalue weighted by Crippen LogP contribution is -2.54. The Balaban J connectivity index is 1.96. The van der Waals surface area contributed by atoms with Crippen LogP contribution in [0, 0.1) is 5.92 Å². The van der Waals surface area contributed by atoms with E-state index in [-0.39, 0.29) is 0 Å². The van der Waals surface area contributed by atoms with Crippen LogP contribution in [-0.4, -0.2) is 36.1 Å². The van der Waals surface area contributed by atoms with Crippen LogP contribution in [0.1, 0.15) is 52.9 Å². The molecule has 0 aromatic carbocycles. The maximum absolute atomic E-state index is 3.76. The normalized spacial score (nSPS) is 41.4. The van der Waals surface area contributed by atoms with Gasteiger partial charge in [0.25, 0.3) is 0 Å². The summed E-state index contributed by atoms with van der Waals surface area (Å²) < 4.78 is 0. The largest absolute Gasteiger partial charge is 0.310 e. The first-order chi connectivity index (χ1) is 7.67. The summed E-state index contributed by atoms with van der Waals surface area (Å²) in [6, 6.07) is 0.777. The number of nitrogens with one attached hydrogen (secondary N) is 1. The van der Waals surface area contributed by atoms with Crippen LogP contribution in [0.4, 0.5) is 0 Å². The van der Waals surface area contributed by atoms with Crippen LogP contribution in [0.25, 0.3) is 0 Å². The van der Waals surface area contributed by atoms with Crippen molar-refractivity contribution in [2.24, 2.45) is 5.92 Å². The standard InChI is InChI=1S/C14H28N2/c1-4-14(8-6-9-15-14)11-16-10-5-7-12(2)13(16)3/h12-13,15H,4-11H2,1-3H3. The van der Waals surface area contributed by atoms with Crippen molar-refractivity contribution >= 4 is 0 Å². The molecule has 2 aliphatic rings.